The van der Waals surface area contributed by atoms with E-state index in [1.165, 1.54) is 21.0 Å². The molecule has 1 unspecified atom stereocenters. The lowest BCUT2D eigenvalue weighted by Gasteiger charge is -2.32. The third-order valence-corrected chi connectivity index (χ3v) is 2.46. The Hall–Kier alpha value is -0.300. The Labute approximate surface area is 81.7 Å². The van der Waals surface area contributed by atoms with Gasteiger partial charge >= 0.3 is 13.7 Å². The second kappa shape index (κ2) is 4.48. The van der Waals surface area contributed by atoms with Crippen molar-refractivity contribution in [3.63, 3.8) is 0 Å². The first-order valence-electron chi connectivity index (χ1n) is 3.81. The van der Waals surface area contributed by atoms with Crippen LogP contribution >= 0.6 is 7.82 Å². The molecular formula is C6H15NO6P+. The van der Waals surface area contributed by atoms with Gasteiger partial charge in [0.15, 0.2) is 0 Å². The van der Waals surface area contributed by atoms with Gasteiger partial charge in [-0.2, -0.15) is 0 Å². The molecule has 8 heteroatoms. The van der Waals surface area contributed by atoms with Gasteiger partial charge in [-0.25, -0.2) is 18.4 Å². The van der Waals surface area contributed by atoms with Gasteiger partial charge in [0.2, 0.25) is 6.23 Å². The van der Waals surface area contributed by atoms with Gasteiger partial charge in [0.25, 0.3) is 0 Å². The molecule has 0 aliphatic rings. The van der Waals surface area contributed by atoms with Crippen molar-refractivity contribution < 1.29 is 33.3 Å². The van der Waals surface area contributed by atoms with Crippen LogP contribution in [0.3, 0.4) is 0 Å². The number of hydrogen-bond donors (Lipinski definition) is 3. The van der Waals surface area contributed by atoms with E-state index in [-0.39, 0.29) is 5.91 Å². The summed E-state index contributed by atoms with van der Waals surface area (Å²) in [6.45, 7) is 0.587. The maximum absolute atomic E-state index is 11.1. The highest BCUT2D eigenvalue weighted by atomic mass is 31.2. The van der Waals surface area contributed by atoms with E-state index in [4.69, 9.17) is 14.9 Å². The fourth-order valence-electron chi connectivity index (χ4n) is 0.717. The fraction of sp³-hybridized carbons (Fsp3) is 0.833. The number of aliphatic hydroxyl groups is 1. The number of carbonyl (C=O) groups excluding carboxylic acids is 1. The molecule has 0 aliphatic carbocycles. The van der Waals surface area contributed by atoms with E-state index in [1.807, 2.05) is 0 Å². The average Bonchev–Trinajstić information content (AvgIpc) is 1.97. The third-order valence-electron chi connectivity index (χ3n) is 1.95. The van der Waals surface area contributed by atoms with Crippen molar-refractivity contribution in [2.24, 2.45) is 0 Å². The zero-order valence-corrected chi connectivity index (χ0v) is 9.14. The van der Waals surface area contributed by atoms with E-state index < -0.39 is 25.1 Å². The van der Waals surface area contributed by atoms with Crippen LogP contribution in [0.1, 0.15) is 6.92 Å². The summed E-state index contributed by atoms with van der Waals surface area (Å²) in [7, 11) is -1.93. The van der Waals surface area contributed by atoms with Crippen LogP contribution in [-0.4, -0.2) is 52.2 Å². The van der Waals surface area contributed by atoms with Gasteiger partial charge in [-0.3, -0.25) is 0 Å². The summed E-state index contributed by atoms with van der Waals surface area (Å²) in [5, 5.41) is 8.84. The van der Waals surface area contributed by atoms with Crippen LogP contribution in [0.15, 0.2) is 0 Å². The van der Waals surface area contributed by atoms with Crippen LogP contribution in [0.4, 0.5) is 0 Å². The second-order valence-corrected chi connectivity index (χ2v) is 4.48. The van der Waals surface area contributed by atoms with Gasteiger partial charge in [-0.1, -0.05) is 0 Å². The Bertz CT molecular complexity index is 259. The zero-order valence-electron chi connectivity index (χ0n) is 8.25. The zero-order chi connectivity index (χ0) is 11.6. The number of phosphoric ester groups is 1. The molecule has 1 atom stereocenters. The lowest BCUT2D eigenvalue weighted by atomic mass is 10.4. The first kappa shape index (κ1) is 13.7. The summed E-state index contributed by atoms with van der Waals surface area (Å²) in [6, 6.07) is 0. The molecule has 0 fully saturated rings. The van der Waals surface area contributed by atoms with Crippen LogP contribution in [0.5, 0.6) is 0 Å². The maximum atomic E-state index is 11.1. The molecule has 0 aliphatic heterocycles. The first-order valence-corrected chi connectivity index (χ1v) is 5.34. The molecule has 0 saturated heterocycles. The number of amides is 1. The molecule has 0 bridgehead atoms. The minimum Gasteiger partial charge on any atom is -0.387 e. The Balaban J connectivity index is 4.73. The van der Waals surface area contributed by atoms with E-state index in [9.17, 15) is 9.36 Å². The van der Waals surface area contributed by atoms with Crippen LogP contribution in [0, 0.1) is 0 Å². The maximum Gasteiger partial charge on any atom is 0.474 e. The van der Waals surface area contributed by atoms with E-state index >= 15 is 0 Å². The standard InChI is InChI=1S/C6H14NO6P/c1-5(9)7(2,3)6(4-8)13-14(10,11)12/h6,8H,4H2,1-3H3,(H-,10,11,12)/p+1. The van der Waals surface area contributed by atoms with Crippen LogP contribution in [0.2, 0.25) is 0 Å². The number of rotatable bonds is 4. The van der Waals surface area contributed by atoms with Gasteiger partial charge in [0, 0.05) is 0 Å². The predicted molar refractivity (Wildman–Crippen MR) is 46.8 cm³/mol. The number of likely N-dealkylation sites (N-methyl/N-ethyl adjacent to an activating group) is 1. The normalized spacial score (nSPS) is 15.3. The molecule has 1 amide bonds. The van der Waals surface area contributed by atoms with Gasteiger partial charge in [0.1, 0.15) is 6.61 Å². The van der Waals surface area contributed by atoms with Crippen molar-refractivity contribution in [2.75, 3.05) is 20.7 Å². The van der Waals surface area contributed by atoms with E-state index in [2.05, 4.69) is 4.52 Å². The summed E-state index contributed by atoms with van der Waals surface area (Å²) in [5.74, 6) is -0.377. The second-order valence-electron chi connectivity index (χ2n) is 3.29. The molecule has 3 N–H and O–H groups in total. The van der Waals surface area contributed by atoms with Gasteiger partial charge < -0.3 is 14.9 Å². The van der Waals surface area contributed by atoms with Crippen molar-refractivity contribution in [1.29, 1.82) is 0 Å². The molecule has 14 heavy (non-hydrogen) atoms. The summed E-state index contributed by atoms with van der Waals surface area (Å²) in [5.41, 5.74) is 0. The summed E-state index contributed by atoms with van der Waals surface area (Å²) in [4.78, 5) is 28.1. The predicted octanol–water partition coefficient (Wildman–Crippen LogP) is -0.963. The molecule has 7 nitrogen and oxygen atoms in total. The number of quaternary nitrogens is 1. The number of hydrogen-bond acceptors (Lipinski definition) is 4. The van der Waals surface area contributed by atoms with Gasteiger partial charge in [0.05, 0.1) is 21.0 Å². The minimum atomic E-state index is -4.70. The Morgan fingerprint density at radius 2 is 1.93 bits per heavy atom. The smallest absolute Gasteiger partial charge is 0.387 e. The summed E-state index contributed by atoms with van der Waals surface area (Å²) >= 11 is 0. The first-order chi connectivity index (χ1) is 6.11. The monoisotopic (exact) mass is 228 g/mol. The highest BCUT2D eigenvalue weighted by Gasteiger charge is 2.38. The summed E-state index contributed by atoms with van der Waals surface area (Å²) < 4.78 is 14.3. The lowest BCUT2D eigenvalue weighted by Crippen LogP contribution is -2.54. The molecule has 84 valence electrons. The number of phosphoric acid groups is 1. The van der Waals surface area contributed by atoms with E-state index in [0.717, 1.165) is 0 Å². The van der Waals surface area contributed by atoms with Crippen LogP contribution in [-0.2, 0) is 13.9 Å². The molecule has 0 spiro atoms. The largest absolute Gasteiger partial charge is 0.474 e. The van der Waals surface area contributed by atoms with Crippen molar-refractivity contribution in [1.82, 2.24) is 0 Å². The molecule has 0 heterocycles. The van der Waals surface area contributed by atoms with Crippen molar-refractivity contribution >= 4 is 13.7 Å². The lowest BCUT2D eigenvalue weighted by molar-refractivity contribution is -0.862. The number of nitrogens with zero attached hydrogens (tertiary/aromatic N) is 1. The highest BCUT2D eigenvalue weighted by molar-refractivity contribution is 7.46. The third kappa shape index (κ3) is 3.83. The van der Waals surface area contributed by atoms with Gasteiger partial charge in [-0.05, 0) is 0 Å². The molecule has 0 aromatic rings. The molecule has 0 saturated carbocycles. The summed E-state index contributed by atoms with van der Waals surface area (Å²) in [6.07, 6.45) is -1.27. The quantitative estimate of drug-likeness (QED) is 0.325. The van der Waals surface area contributed by atoms with Crippen LogP contribution < -0.4 is 0 Å². The van der Waals surface area contributed by atoms with Crippen molar-refractivity contribution in [3.8, 4) is 0 Å². The fourth-order valence-corrected chi connectivity index (χ4v) is 1.34. The highest BCUT2D eigenvalue weighted by Crippen LogP contribution is 2.38. The number of aliphatic hydroxyl groups excluding tert-OH is 1. The molecule has 0 aromatic heterocycles. The molecular weight excluding hydrogens is 213 g/mol. The molecule has 0 rings (SSSR count). The number of carbonyl (C=O) groups is 1. The van der Waals surface area contributed by atoms with Crippen molar-refractivity contribution in [2.45, 2.75) is 13.2 Å². The topological polar surface area (TPSA) is 104 Å². The van der Waals surface area contributed by atoms with E-state index in [0.29, 0.717) is 0 Å². The van der Waals surface area contributed by atoms with E-state index in [1.54, 1.807) is 0 Å². The molecule has 0 radical (unpaired) electrons. The molecule has 0 aromatic carbocycles. The Kier molecular flexibility index (Phi) is 4.38. The van der Waals surface area contributed by atoms with Gasteiger partial charge in [-0.15, -0.1) is 0 Å². The SMILES string of the molecule is CC(=O)[N+](C)(C)C(CO)OP(=O)(O)O. The minimum absolute atomic E-state index is 0.377. The Morgan fingerprint density at radius 3 is 2.14 bits per heavy atom. The Morgan fingerprint density at radius 1 is 1.50 bits per heavy atom. The van der Waals surface area contributed by atoms with Crippen molar-refractivity contribution in [3.05, 3.63) is 0 Å². The average molecular weight is 228 g/mol. The van der Waals surface area contributed by atoms with Crippen LogP contribution in [0.25, 0.3) is 0 Å².